The lowest BCUT2D eigenvalue weighted by atomic mass is 10.3. The predicted molar refractivity (Wildman–Crippen MR) is 89.5 cm³/mol. The minimum absolute atomic E-state index is 0.0785. The minimum Gasteiger partial charge on any atom is -0.494 e. The second kappa shape index (κ2) is 9.50. The molecule has 1 N–H and O–H groups in total. The van der Waals surface area contributed by atoms with Crippen LogP contribution in [0.15, 0.2) is 53.5 Å². The highest BCUT2D eigenvalue weighted by atomic mass is 19.1. The average Bonchev–Trinajstić information content (AvgIpc) is 2.59. The molecule has 5 nitrogen and oxygen atoms in total. The maximum absolute atomic E-state index is 12.7. The first-order chi connectivity index (χ1) is 11.6. The largest absolute Gasteiger partial charge is 0.494 e. The Kier molecular flexibility index (Phi) is 7.01. The number of halogens is 1. The van der Waals surface area contributed by atoms with Crippen LogP contribution >= 0.6 is 0 Å². The van der Waals surface area contributed by atoms with Gasteiger partial charge in [0.1, 0.15) is 11.6 Å². The molecule has 0 saturated carbocycles. The van der Waals surface area contributed by atoms with E-state index in [0.29, 0.717) is 25.4 Å². The molecule has 128 valence electrons. The van der Waals surface area contributed by atoms with Gasteiger partial charge in [-0.25, -0.2) is 4.39 Å². The van der Waals surface area contributed by atoms with E-state index in [1.165, 1.54) is 22.8 Å². The molecule has 0 aliphatic rings. The Morgan fingerprint density at radius 3 is 2.67 bits per heavy atom. The number of unbranched alkanes of at least 4 members (excludes halogenated alkanes) is 1. The predicted octanol–water partition coefficient (Wildman–Crippen LogP) is 2.35. The zero-order valence-electron chi connectivity index (χ0n) is 13.4. The van der Waals surface area contributed by atoms with E-state index in [4.69, 9.17) is 4.74 Å². The average molecular weight is 332 g/mol. The molecule has 0 spiro atoms. The highest BCUT2D eigenvalue weighted by Crippen LogP contribution is 2.11. The van der Waals surface area contributed by atoms with Gasteiger partial charge in [0.05, 0.1) is 6.61 Å². The molecular weight excluding hydrogens is 311 g/mol. The fourth-order valence-corrected chi connectivity index (χ4v) is 2.13. The Labute approximate surface area is 140 Å². The second-order valence-electron chi connectivity index (χ2n) is 5.34. The quantitative estimate of drug-likeness (QED) is 0.717. The summed E-state index contributed by atoms with van der Waals surface area (Å²) in [5, 5.41) is 2.82. The van der Waals surface area contributed by atoms with Gasteiger partial charge in [-0.05, 0) is 43.2 Å². The van der Waals surface area contributed by atoms with Crippen molar-refractivity contribution < 1.29 is 13.9 Å². The van der Waals surface area contributed by atoms with Crippen LogP contribution in [0.2, 0.25) is 0 Å². The topological polar surface area (TPSA) is 60.3 Å². The summed E-state index contributed by atoms with van der Waals surface area (Å²) < 4.78 is 19.7. The third kappa shape index (κ3) is 6.24. The molecule has 0 fully saturated rings. The van der Waals surface area contributed by atoms with E-state index < -0.39 is 0 Å². The highest BCUT2D eigenvalue weighted by Gasteiger charge is 2.02. The lowest BCUT2D eigenvalue weighted by Gasteiger charge is -2.08. The summed E-state index contributed by atoms with van der Waals surface area (Å²) in [6.07, 6.45) is 3.52. The van der Waals surface area contributed by atoms with E-state index >= 15 is 0 Å². The van der Waals surface area contributed by atoms with E-state index in [1.807, 2.05) is 0 Å². The molecule has 1 aromatic heterocycles. The summed E-state index contributed by atoms with van der Waals surface area (Å²) >= 11 is 0. The fraction of sp³-hybridized carbons (Fsp3) is 0.333. The zero-order chi connectivity index (χ0) is 17.2. The third-order valence-electron chi connectivity index (χ3n) is 3.45. The number of ether oxygens (including phenoxy) is 1. The molecule has 6 heteroatoms. The first kappa shape index (κ1) is 17.7. The van der Waals surface area contributed by atoms with Gasteiger partial charge in [-0.1, -0.05) is 6.07 Å². The van der Waals surface area contributed by atoms with Crippen LogP contribution in [0, 0.1) is 5.82 Å². The van der Waals surface area contributed by atoms with Crippen molar-refractivity contribution in [3.63, 3.8) is 0 Å². The number of benzene rings is 1. The standard InChI is InChI=1S/C18H21FN2O3/c19-15-6-8-16(9-7-15)24-14-4-2-11-20-17(22)10-13-21-12-3-1-5-18(21)23/h1,3,5-9,12H,2,4,10-11,13-14H2,(H,20,22). The van der Waals surface area contributed by atoms with Crippen LogP contribution in [-0.2, 0) is 11.3 Å². The van der Waals surface area contributed by atoms with Crippen molar-refractivity contribution in [2.75, 3.05) is 13.2 Å². The van der Waals surface area contributed by atoms with Gasteiger partial charge in [-0.3, -0.25) is 9.59 Å². The maximum Gasteiger partial charge on any atom is 0.250 e. The monoisotopic (exact) mass is 332 g/mol. The molecule has 2 rings (SSSR count). The van der Waals surface area contributed by atoms with Crippen LogP contribution in [0.4, 0.5) is 4.39 Å². The van der Waals surface area contributed by atoms with E-state index in [0.717, 1.165) is 12.8 Å². The van der Waals surface area contributed by atoms with E-state index in [2.05, 4.69) is 5.32 Å². The fourth-order valence-electron chi connectivity index (χ4n) is 2.13. The van der Waals surface area contributed by atoms with Gasteiger partial charge in [0, 0.05) is 31.8 Å². The number of nitrogens with one attached hydrogen (secondary N) is 1. The lowest BCUT2D eigenvalue weighted by Crippen LogP contribution is -2.27. The lowest BCUT2D eigenvalue weighted by molar-refractivity contribution is -0.121. The Bertz CT molecular complexity index is 698. The van der Waals surface area contributed by atoms with Crippen LogP contribution in [0.1, 0.15) is 19.3 Å². The molecule has 0 unspecified atom stereocenters. The number of carbonyl (C=O) groups is 1. The van der Waals surface area contributed by atoms with Gasteiger partial charge in [0.15, 0.2) is 0 Å². The molecule has 0 bridgehead atoms. The summed E-state index contributed by atoms with van der Waals surface area (Å²) in [5.41, 5.74) is -0.108. The van der Waals surface area contributed by atoms with E-state index in [1.54, 1.807) is 30.5 Å². The van der Waals surface area contributed by atoms with Crippen molar-refractivity contribution in [2.24, 2.45) is 0 Å². The molecule has 0 aliphatic heterocycles. The smallest absolute Gasteiger partial charge is 0.250 e. The number of hydrogen-bond donors (Lipinski definition) is 1. The molecule has 0 atom stereocenters. The Hall–Kier alpha value is -2.63. The zero-order valence-corrected chi connectivity index (χ0v) is 13.4. The maximum atomic E-state index is 12.7. The van der Waals surface area contributed by atoms with Gasteiger partial charge >= 0.3 is 0 Å². The number of rotatable bonds is 9. The van der Waals surface area contributed by atoms with E-state index in [-0.39, 0.29) is 23.7 Å². The summed E-state index contributed by atoms with van der Waals surface area (Å²) in [6, 6.07) is 10.8. The summed E-state index contributed by atoms with van der Waals surface area (Å²) in [7, 11) is 0. The van der Waals surface area contributed by atoms with Crippen molar-refractivity contribution >= 4 is 5.91 Å². The Balaban J connectivity index is 1.54. The van der Waals surface area contributed by atoms with Crippen molar-refractivity contribution in [3.8, 4) is 5.75 Å². The Morgan fingerprint density at radius 2 is 1.92 bits per heavy atom. The number of aromatic nitrogens is 1. The van der Waals surface area contributed by atoms with Crippen molar-refractivity contribution in [1.29, 1.82) is 0 Å². The van der Waals surface area contributed by atoms with E-state index in [9.17, 15) is 14.0 Å². The number of carbonyl (C=O) groups excluding carboxylic acids is 1. The van der Waals surface area contributed by atoms with Crippen molar-refractivity contribution in [3.05, 3.63) is 64.8 Å². The first-order valence-electron chi connectivity index (χ1n) is 7.96. The van der Waals surface area contributed by atoms with Gasteiger partial charge in [-0.15, -0.1) is 0 Å². The summed E-state index contributed by atoms with van der Waals surface area (Å²) in [6.45, 7) is 1.45. The van der Waals surface area contributed by atoms with Crippen LogP contribution in [0.3, 0.4) is 0 Å². The van der Waals surface area contributed by atoms with Crippen LogP contribution in [0.5, 0.6) is 5.75 Å². The number of amides is 1. The van der Waals surface area contributed by atoms with Crippen molar-refractivity contribution in [1.82, 2.24) is 9.88 Å². The third-order valence-corrected chi connectivity index (χ3v) is 3.45. The van der Waals surface area contributed by atoms with Gasteiger partial charge in [-0.2, -0.15) is 0 Å². The minimum atomic E-state index is -0.289. The number of pyridine rings is 1. The van der Waals surface area contributed by atoms with Crippen LogP contribution < -0.4 is 15.6 Å². The normalized spacial score (nSPS) is 10.4. The number of hydrogen-bond acceptors (Lipinski definition) is 3. The molecule has 0 saturated heterocycles. The van der Waals surface area contributed by atoms with Gasteiger partial charge in [0.2, 0.25) is 5.91 Å². The van der Waals surface area contributed by atoms with Crippen molar-refractivity contribution in [2.45, 2.75) is 25.8 Å². The van der Waals surface area contributed by atoms with Gasteiger partial charge in [0.25, 0.3) is 5.56 Å². The molecule has 1 heterocycles. The number of nitrogens with zero attached hydrogens (tertiary/aromatic N) is 1. The first-order valence-corrected chi connectivity index (χ1v) is 7.96. The molecule has 2 aromatic rings. The highest BCUT2D eigenvalue weighted by molar-refractivity contribution is 5.75. The summed E-state index contributed by atoms with van der Waals surface area (Å²) in [5.74, 6) is 0.266. The number of aryl methyl sites for hydroxylation is 1. The molecular formula is C18H21FN2O3. The second-order valence-corrected chi connectivity index (χ2v) is 5.34. The van der Waals surface area contributed by atoms with Crippen LogP contribution in [0.25, 0.3) is 0 Å². The molecule has 24 heavy (non-hydrogen) atoms. The molecule has 0 aliphatic carbocycles. The molecule has 0 radical (unpaired) electrons. The summed E-state index contributed by atoms with van der Waals surface area (Å²) in [4.78, 5) is 23.2. The SMILES string of the molecule is O=C(CCn1ccccc1=O)NCCCCOc1ccc(F)cc1. The molecule has 1 amide bonds. The Morgan fingerprint density at radius 1 is 1.12 bits per heavy atom. The van der Waals surface area contributed by atoms with Crippen LogP contribution in [-0.4, -0.2) is 23.6 Å². The molecule has 1 aromatic carbocycles. The van der Waals surface area contributed by atoms with Gasteiger partial charge < -0.3 is 14.6 Å².